The van der Waals surface area contributed by atoms with E-state index in [9.17, 15) is 0 Å². The highest BCUT2D eigenvalue weighted by molar-refractivity contribution is 5.77. The molecule has 2 heterocycles. The summed E-state index contributed by atoms with van der Waals surface area (Å²) in [6, 6.07) is 4.78. The lowest BCUT2D eigenvalue weighted by Gasteiger charge is -2.50. The molecular weight excluding hydrogens is 320 g/mol. The SMILES string of the molecule is Cc1noc(C)c1-c1cc(C(C)C)c2c(c1)C1(C)CCCC1C(C)(C)N2. The Labute approximate surface area is 157 Å². The van der Waals surface area contributed by atoms with Gasteiger partial charge in [-0.3, -0.25) is 0 Å². The van der Waals surface area contributed by atoms with Crippen molar-refractivity contribution in [1.82, 2.24) is 5.16 Å². The molecule has 0 amide bonds. The van der Waals surface area contributed by atoms with Gasteiger partial charge in [-0.15, -0.1) is 0 Å². The first-order valence-corrected chi connectivity index (χ1v) is 10.0. The standard InChI is InChI=1S/C23H32N2O/c1-13(2)17-11-16(20-14(3)25-26-15(20)4)12-18-21(17)24-22(5,6)19-9-8-10-23(18,19)7/h11-13,19,24H,8-10H2,1-7H3. The van der Waals surface area contributed by atoms with Gasteiger partial charge in [-0.1, -0.05) is 32.3 Å². The van der Waals surface area contributed by atoms with Gasteiger partial charge in [-0.25, -0.2) is 0 Å². The van der Waals surface area contributed by atoms with Crippen molar-refractivity contribution < 1.29 is 4.52 Å². The zero-order valence-electron chi connectivity index (χ0n) is 17.3. The Morgan fingerprint density at radius 2 is 1.92 bits per heavy atom. The van der Waals surface area contributed by atoms with Crippen molar-refractivity contribution in [2.24, 2.45) is 5.92 Å². The molecule has 2 atom stereocenters. The minimum Gasteiger partial charge on any atom is -0.379 e. The van der Waals surface area contributed by atoms with E-state index in [0.29, 0.717) is 11.8 Å². The Hall–Kier alpha value is -1.77. The summed E-state index contributed by atoms with van der Waals surface area (Å²) >= 11 is 0. The van der Waals surface area contributed by atoms with Gasteiger partial charge in [-0.05, 0) is 86.6 Å². The van der Waals surface area contributed by atoms with Gasteiger partial charge in [0.1, 0.15) is 5.76 Å². The van der Waals surface area contributed by atoms with Crippen LogP contribution in [0.1, 0.15) is 82.4 Å². The van der Waals surface area contributed by atoms with E-state index in [1.807, 2.05) is 13.8 Å². The van der Waals surface area contributed by atoms with Crippen molar-refractivity contribution in [3.8, 4) is 11.1 Å². The molecule has 3 nitrogen and oxygen atoms in total. The zero-order chi connectivity index (χ0) is 18.9. The van der Waals surface area contributed by atoms with Crippen LogP contribution in [0.25, 0.3) is 11.1 Å². The average Bonchev–Trinajstić information content (AvgIpc) is 3.11. The molecule has 1 aliphatic heterocycles. The van der Waals surface area contributed by atoms with Gasteiger partial charge in [-0.2, -0.15) is 0 Å². The average molecular weight is 353 g/mol. The highest BCUT2D eigenvalue weighted by Gasteiger charge is 2.52. The third kappa shape index (κ3) is 2.35. The second kappa shape index (κ2) is 5.61. The minimum atomic E-state index is 0.131. The fourth-order valence-electron chi connectivity index (χ4n) is 5.80. The highest BCUT2D eigenvalue weighted by atomic mass is 16.5. The Kier molecular flexibility index (Phi) is 3.81. The first-order chi connectivity index (χ1) is 12.1. The Morgan fingerprint density at radius 3 is 2.54 bits per heavy atom. The van der Waals surface area contributed by atoms with Gasteiger partial charge < -0.3 is 9.84 Å². The molecule has 1 aromatic heterocycles. The normalized spacial score (nSPS) is 26.5. The topological polar surface area (TPSA) is 38.1 Å². The molecule has 3 heteroatoms. The molecule has 1 saturated carbocycles. The molecular formula is C23H32N2O. The maximum atomic E-state index is 5.47. The van der Waals surface area contributed by atoms with Crippen molar-refractivity contribution >= 4 is 5.69 Å². The van der Waals surface area contributed by atoms with Gasteiger partial charge in [0.05, 0.1) is 5.69 Å². The van der Waals surface area contributed by atoms with Gasteiger partial charge in [0.2, 0.25) is 0 Å². The summed E-state index contributed by atoms with van der Waals surface area (Å²) in [6.07, 6.45) is 3.90. The fraction of sp³-hybridized carbons (Fsp3) is 0.609. The quantitative estimate of drug-likeness (QED) is 0.685. The summed E-state index contributed by atoms with van der Waals surface area (Å²) in [5.41, 5.74) is 8.07. The van der Waals surface area contributed by atoms with Crippen molar-refractivity contribution in [2.45, 2.75) is 84.6 Å². The van der Waals surface area contributed by atoms with Crippen LogP contribution in [0.5, 0.6) is 0 Å². The monoisotopic (exact) mass is 352 g/mol. The molecule has 2 aromatic rings. The number of nitrogens with zero attached hydrogens (tertiary/aromatic N) is 1. The van der Waals surface area contributed by atoms with Gasteiger partial charge in [0.25, 0.3) is 0 Å². The van der Waals surface area contributed by atoms with E-state index in [1.54, 1.807) is 0 Å². The molecule has 1 fully saturated rings. The van der Waals surface area contributed by atoms with Crippen LogP contribution in [-0.4, -0.2) is 10.7 Å². The second-order valence-electron chi connectivity index (χ2n) is 9.55. The predicted octanol–water partition coefficient (Wildman–Crippen LogP) is 6.34. The van der Waals surface area contributed by atoms with E-state index < -0.39 is 0 Å². The van der Waals surface area contributed by atoms with Crippen LogP contribution in [0.4, 0.5) is 5.69 Å². The molecule has 2 aliphatic rings. The summed E-state index contributed by atoms with van der Waals surface area (Å²) in [6.45, 7) is 15.9. The van der Waals surface area contributed by atoms with Crippen molar-refractivity contribution in [3.63, 3.8) is 0 Å². The number of hydrogen-bond acceptors (Lipinski definition) is 3. The van der Waals surface area contributed by atoms with Gasteiger partial charge in [0, 0.05) is 16.8 Å². The third-order valence-electron chi connectivity index (χ3n) is 7.00. The number of nitrogens with one attached hydrogen (secondary N) is 1. The van der Waals surface area contributed by atoms with Crippen LogP contribution in [0.3, 0.4) is 0 Å². The predicted molar refractivity (Wildman–Crippen MR) is 108 cm³/mol. The first-order valence-electron chi connectivity index (χ1n) is 10.0. The van der Waals surface area contributed by atoms with Crippen molar-refractivity contribution in [1.29, 1.82) is 0 Å². The van der Waals surface area contributed by atoms with Crippen LogP contribution in [0.15, 0.2) is 16.7 Å². The van der Waals surface area contributed by atoms with Crippen molar-refractivity contribution in [2.75, 3.05) is 5.32 Å². The van der Waals surface area contributed by atoms with Gasteiger partial charge in [0.15, 0.2) is 0 Å². The summed E-state index contributed by atoms with van der Waals surface area (Å²) in [7, 11) is 0. The number of fused-ring (bicyclic) bond motifs is 3. The molecule has 0 radical (unpaired) electrons. The Balaban J connectivity index is 2.01. The van der Waals surface area contributed by atoms with E-state index >= 15 is 0 Å². The molecule has 1 N–H and O–H groups in total. The Morgan fingerprint density at radius 1 is 1.19 bits per heavy atom. The molecule has 2 unspecified atom stereocenters. The lowest BCUT2D eigenvalue weighted by molar-refractivity contribution is 0.229. The number of anilines is 1. The molecule has 4 rings (SSSR count). The summed E-state index contributed by atoms with van der Waals surface area (Å²) in [4.78, 5) is 0. The number of aryl methyl sites for hydroxylation is 2. The molecule has 1 aliphatic carbocycles. The molecule has 0 saturated heterocycles. The lowest BCUT2D eigenvalue weighted by Crippen LogP contribution is -2.51. The van der Waals surface area contributed by atoms with Crippen LogP contribution in [0.2, 0.25) is 0 Å². The van der Waals surface area contributed by atoms with Crippen LogP contribution < -0.4 is 5.32 Å². The Bertz CT molecular complexity index is 842. The highest BCUT2D eigenvalue weighted by Crippen LogP contribution is 2.57. The fourth-order valence-corrected chi connectivity index (χ4v) is 5.80. The summed E-state index contributed by atoms with van der Waals surface area (Å²) < 4.78 is 5.47. The molecule has 0 bridgehead atoms. The largest absolute Gasteiger partial charge is 0.379 e. The lowest BCUT2D eigenvalue weighted by atomic mass is 9.62. The van der Waals surface area contributed by atoms with Crippen LogP contribution >= 0.6 is 0 Å². The van der Waals surface area contributed by atoms with Crippen molar-refractivity contribution in [3.05, 3.63) is 34.7 Å². The van der Waals surface area contributed by atoms with Crippen LogP contribution in [-0.2, 0) is 5.41 Å². The number of rotatable bonds is 2. The third-order valence-corrected chi connectivity index (χ3v) is 7.00. The zero-order valence-corrected chi connectivity index (χ0v) is 17.3. The molecule has 140 valence electrons. The first kappa shape index (κ1) is 17.6. The maximum absolute atomic E-state index is 5.47. The van der Waals surface area contributed by atoms with E-state index in [2.05, 4.69) is 57.2 Å². The number of aromatic nitrogens is 1. The maximum Gasteiger partial charge on any atom is 0.141 e. The van der Waals surface area contributed by atoms with E-state index in [0.717, 1.165) is 17.0 Å². The minimum absolute atomic E-state index is 0.131. The van der Waals surface area contributed by atoms with E-state index in [-0.39, 0.29) is 11.0 Å². The second-order valence-corrected chi connectivity index (χ2v) is 9.55. The molecule has 26 heavy (non-hydrogen) atoms. The van der Waals surface area contributed by atoms with Crippen LogP contribution in [0, 0.1) is 19.8 Å². The number of benzene rings is 1. The van der Waals surface area contributed by atoms with E-state index in [1.165, 1.54) is 41.6 Å². The smallest absolute Gasteiger partial charge is 0.141 e. The number of hydrogen-bond donors (Lipinski definition) is 1. The molecule has 0 spiro atoms. The molecule has 1 aromatic carbocycles. The summed E-state index contributed by atoms with van der Waals surface area (Å²) in [5, 5.41) is 8.14. The van der Waals surface area contributed by atoms with Gasteiger partial charge >= 0.3 is 0 Å². The summed E-state index contributed by atoms with van der Waals surface area (Å²) in [5.74, 6) is 2.05. The van der Waals surface area contributed by atoms with E-state index in [4.69, 9.17) is 4.52 Å².